The van der Waals surface area contributed by atoms with Crippen molar-refractivity contribution >= 4 is 23.4 Å². The first-order valence-corrected chi connectivity index (χ1v) is 11.6. The second kappa shape index (κ2) is 11.8. The first-order chi connectivity index (χ1) is 16.5. The van der Waals surface area contributed by atoms with Crippen molar-refractivity contribution in [2.45, 2.75) is 46.0 Å². The van der Waals surface area contributed by atoms with E-state index in [1.165, 1.54) is 0 Å². The van der Waals surface area contributed by atoms with Crippen LogP contribution in [0.4, 0.5) is 5.69 Å². The van der Waals surface area contributed by atoms with Gasteiger partial charge in [-0.25, -0.2) is 4.99 Å². The van der Waals surface area contributed by atoms with Gasteiger partial charge in [0.1, 0.15) is 17.9 Å². The molecular formula is C29H31N3O2. The maximum atomic E-state index is 12.1. The van der Waals surface area contributed by atoms with Gasteiger partial charge in [-0.05, 0) is 67.2 Å². The van der Waals surface area contributed by atoms with E-state index in [4.69, 9.17) is 4.99 Å². The highest BCUT2D eigenvalue weighted by Crippen LogP contribution is 2.28. The fraction of sp³-hybridized carbons (Fsp3) is 0.276. The number of nitrogens with zero attached hydrogens (tertiary/aromatic N) is 3. The normalized spacial score (nSPS) is 14.5. The SMILES string of the molecule is CCC/C(N=C(C)N(C)c1ccc(O)cc1)=C(/C=O)Cc1ccc(C2=CCCC=C2C#N)cc1. The summed E-state index contributed by atoms with van der Waals surface area (Å²) in [6, 6.07) is 17.3. The Hall–Kier alpha value is -3.91. The van der Waals surface area contributed by atoms with E-state index in [2.05, 4.69) is 19.1 Å². The molecule has 0 amide bonds. The minimum Gasteiger partial charge on any atom is -0.508 e. The van der Waals surface area contributed by atoms with Crippen molar-refractivity contribution in [2.24, 2.45) is 4.99 Å². The number of hydrogen-bond acceptors (Lipinski definition) is 4. The molecule has 174 valence electrons. The van der Waals surface area contributed by atoms with E-state index < -0.39 is 0 Å². The number of anilines is 1. The maximum absolute atomic E-state index is 12.1. The Bertz CT molecular complexity index is 1180. The van der Waals surface area contributed by atoms with Crippen molar-refractivity contribution in [2.75, 3.05) is 11.9 Å². The number of phenolic OH excluding ortho intramolecular Hbond substituents is 1. The average molecular weight is 454 g/mol. The summed E-state index contributed by atoms with van der Waals surface area (Å²) >= 11 is 0. The number of nitriles is 1. The van der Waals surface area contributed by atoms with Gasteiger partial charge >= 0.3 is 0 Å². The first kappa shape index (κ1) is 24.7. The molecule has 0 saturated heterocycles. The van der Waals surface area contributed by atoms with Gasteiger partial charge in [0.2, 0.25) is 0 Å². The number of amidine groups is 1. The van der Waals surface area contributed by atoms with Crippen LogP contribution in [0.25, 0.3) is 5.57 Å². The number of carbonyl (C=O) groups excluding carboxylic acids is 1. The Morgan fingerprint density at radius 1 is 1.12 bits per heavy atom. The largest absolute Gasteiger partial charge is 0.508 e. The van der Waals surface area contributed by atoms with E-state index >= 15 is 0 Å². The molecular weight excluding hydrogens is 422 g/mol. The number of benzene rings is 2. The summed E-state index contributed by atoms with van der Waals surface area (Å²) in [6.07, 6.45) is 8.94. The highest BCUT2D eigenvalue weighted by atomic mass is 16.3. The molecule has 1 N–H and O–H groups in total. The molecule has 3 rings (SSSR count). The fourth-order valence-corrected chi connectivity index (χ4v) is 3.95. The molecule has 0 unspecified atom stereocenters. The quantitative estimate of drug-likeness (QED) is 0.218. The zero-order valence-corrected chi connectivity index (χ0v) is 20.1. The van der Waals surface area contributed by atoms with Gasteiger partial charge in [0.25, 0.3) is 0 Å². The third kappa shape index (κ3) is 6.11. The highest BCUT2D eigenvalue weighted by Gasteiger charge is 2.13. The van der Waals surface area contributed by atoms with E-state index in [-0.39, 0.29) is 5.75 Å². The summed E-state index contributed by atoms with van der Waals surface area (Å²) in [5.41, 5.74) is 6.11. The van der Waals surface area contributed by atoms with Gasteiger partial charge in [-0.3, -0.25) is 4.79 Å². The zero-order chi connectivity index (χ0) is 24.5. The molecule has 0 fully saturated rings. The predicted molar refractivity (Wildman–Crippen MR) is 139 cm³/mol. The van der Waals surface area contributed by atoms with Crippen LogP contribution in [-0.4, -0.2) is 24.3 Å². The number of carbonyl (C=O) groups is 1. The Kier molecular flexibility index (Phi) is 8.59. The molecule has 34 heavy (non-hydrogen) atoms. The molecule has 0 spiro atoms. The van der Waals surface area contributed by atoms with E-state index in [0.29, 0.717) is 18.4 Å². The van der Waals surface area contributed by atoms with E-state index in [0.717, 1.165) is 65.0 Å². The zero-order valence-electron chi connectivity index (χ0n) is 20.1. The molecule has 0 atom stereocenters. The molecule has 2 aromatic rings. The lowest BCUT2D eigenvalue weighted by molar-refractivity contribution is -0.105. The van der Waals surface area contributed by atoms with Crippen LogP contribution >= 0.6 is 0 Å². The smallest absolute Gasteiger partial charge is 0.148 e. The van der Waals surface area contributed by atoms with Gasteiger partial charge < -0.3 is 10.0 Å². The van der Waals surface area contributed by atoms with Gasteiger partial charge in [-0.2, -0.15) is 5.26 Å². The van der Waals surface area contributed by atoms with Crippen LogP contribution in [0.2, 0.25) is 0 Å². The second-order valence-corrected chi connectivity index (χ2v) is 8.37. The van der Waals surface area contributed by atoms with Crippen molar-refractivity contribution in [1.29, 1.82) is 5.26 Å². The average Bonchev–Trinajstić information content (AvgIpc) is 2.87. The Morgan fingerprint density at radius 3 is 2.41 bits per heavy atom. The third-order valence-electron chi connectivity index (χ3n) is 5.95. The Morgan fingerprint density at radius 2 is 1.79 bits per heavy atom. The highest BCUT2D eigenvalue weighted by molar-refractivity contribution is 5.96. The molecule has 0 heterocycles. The standard InChI is InChI=1S/C29H31N3O2/c1-4-7-29(31-21(2)32(3)26-14-16-27(34)17-15-26)25(20-33)18-22-10-12-23(13-11-22)28-9-6-5-8-24(28)19-30/h8-17,20,34H,4-7,18H2,1-3H3/b29-25-,31-21?. The molecule has 0 saturated carbocycles. The summed E-state index contributed by atoms with van der Waals surface area (Å²) in [5, 5.41) is 18.9. The van der Waals surface area contributed by atoms with Crippen LogP contribution < -0.4 is 4.90 Å². The topological polar surface area (TPSA) is 76.7 Å². The van der Waals surface area contributed by atoms with Crippen LogP contribution in [0.5, 0.6) is 5.75 Å². The third-order valence-corrected chi connectivity index (χ3v) is 5.95. The van der Waals surface area contributed by atoms with Crippen molar-refractivity contribution in [3.63, 3.8) is 0 Å². The maximum Gasteiger partial charge on any atom is 0.148 e. The summed E-state index contributed by atoms with van der Waals surface area (Å²) in [5.74, 6) is 0.983. The van der Waals surface area contributed by atoms with E-state index in [1.54, 1.807) is 12.1 Å². The van der Waals surface area contributed by atoms with Crippen LogP contribution in [0.1, 0.15) is 50.7 Å². The molecule has 0 aliphatic heterocycles. The number of hydrogen-bond donors (Lipinski definition) is 1. The number of aldehydes is 1. The molecule has 1 aliphatic carbocycles. The van der Waals surface area contributed by atoms with Crippen LogP contribution in [-0.2, 0) is 11.2 Å². The number of allylic oxidation sites excluding steroid dienone is 6. The molecule has 0 radical (unpaired) electrons. The molecule has 0 aromatic heterocycles. The number of aromatic hydroxyl groups is 1. The van der Waals surface area contributed by atoms with Crippen LogP contribution in [0.3, 0.4) is 0 Å². The Balaban J connectivity index is 1.85. The first-order valence-electron chi connectivity index (χ1n) is 11.6. The van der Waals surface area contributed by atoms with Crippen LogP contribution in [0, 0.1) is 11.3 Å². The van der Waals surface area contributed by atoms with Gasteiger partial charge in [0.05, 0.1) is 11.6 Å². The summed E-state index contributed by atoms with van der Waals surface area (Å²) < 4.78 is 0. The lowest BCUT2D eigenvalue weighted by Crippen LogP contribution is -2.23. The molecule has 1 aliphatic rings. The number of rotatable bonds is 8. The number of aliphatic imine (C=N–C) groups is 1. The molecule has 0 bridgehead atoms. The van der Waals surface area contributed by atoms with Crippen molar-refractivity contribution in [1.82, 2.24) is 0 Å². The lowest BCUT2D eigenvalue weighted by atomic mass is 9.91. The minimum absolute atomic E-state index is 0.215. The summed E-state index contributed by atoms with van der Waals surface area (Å²) in [6.45, 7) is 3.99. The Labute approximate surface area is 202 Å². The molecule has 2 aromatic carbocycles. The molecule has 5 nitrogen and oxygen atoms in total. The second-order valence-electron chi connectivity index (χ2n) is 8.37. The predicted octanol–water partition coefficient (Wildman–Crippen LogP) is 6.37. The molecule has 5 heteroatoms. The van der Waals surface area contributed by atoms with Crippen LogP contribution in [0.15, 0.2) is 82.5 Å². The van der Waals surface area contributed by atoms with Crippen molar-refractivity contribution in [3.8, 4) is 11.8 Å². The monoisotopic (exact) mass is 453 g/mol. The van der Waals surface area contributed by atoms with Gasteiger partial charge in [0, 0.05) is 30.4 Å². The van der Waals surface area contributed by atoms with E-state index in [9.17, 15) is 15.2 Å². The van der Waals surface area contributed by atoms with Crippen molar-refractivity contribution < 1.29 is 9.90 Å². The summed E-state index contributed by atoms with van der Waals surface area (Å²) in [4.78, 5) is 18.8. The van der Waals surface area contributed by atoms with E-state index in [1.807, 2.05) is 61.3 Å². The summed E-state index contributed by atoms with van der Waals surface area (Å²) in [7, 11) is 1.91. The number of phenols is 1. The van der Waals surface area contributed by atoms with Gasteiger partial charge in [-0.1, -0.05) is 49.8 Å². The minimum atomic E-state index is 0.215. The van der Waals surface area contributed by atoms with Gasteiger partial charge in [-0.15, -0.1) is 0 Å². The lowest BCUT2D eigenvalue weighted by Gasteiger charge is -2.20. The fourth-order valence-electron chi connectivity index (χ4n) is 3.95. The van der Waals surface area contributed by atoms with Gasteiger partial charge in [0.15, 0.2) is 0 Å². The van der Waals surface area contributed by atoms with Crippen molar-refractivity contribution in [3.05, 3.63) is 88.7 Å².